The number of rotatable bonds is 4. The Hall–Kier alpha value is -1.11. The number of ether oxygens (including phenoxy) is 1. The molecule has 0 N–H and O–H groups in total. The smallest absolute Gasteiger partial charge is 0.133 e. The number of morpholine rings is 1. The van der Waals surface area contributed by atoms with Gasteiger partial charge in [-0.2, -0.15) is 0 Å². The van der Waals surface area contributed by atoms with Crippen molar-refractivity contribution < 1.29 is 4.74 Å². The standard InChI is InChI=1S/C15H16BrN3OS/c16-13-3-1-12(2-4-13)10-21-15-9-14(17-11-18-15)19-5-7-20-8-6-19/h1-4,9,11H,5-8,10H2. The maximum absolute atomic E-state index is 5.37. The summed E-state index contributed by atoms with van der Waals surface area (Å²) in [5, 5.41) is 1.01. The van der Waals surface area contributed by atoms with Crippen LogP contribution in [0.2, 0.25) is 0 Å². The van der Waals surface area contributed by atoms with Crippen molar-refractivity contribution >= 4 is 33.5 Å². The van der Waals surface area contributed by atoms with Gasteiger partial charge in [-0.3, -0.25) is 0 Å². The van der Waals surface area contributed by atoms with Crippen LogP contribution in [0.25, 0.3) is 0 Å². The molecule has 0 spiro atoms. The topological polar surface area (TPSA) is 38.2 Å². The second-order valence-corrected chi connectivity index (χ2v) is 6.64. The number of anilines is 1. The summed E-state index contributed by atoms with van der Waals surface area (Å²) in [5.74, 6) is 1.90. The zero-order chi connectivity index (χ0) is 14.5. The molecule has 0 radical (unpaired) electrons. The molecular weight excluding hydrogens is 350 g/mol. The van der Waals surface area contributed by atoms with Gasteiger partial charge in [0, 0.05) is 29.4 Å². The summed E-state index contributed by atoms with van der Waals surface area (Å²) < 4.78 is 6.48. The van der Waals surface area contributed by atoms with Gasteiger partial charge in [0.05, 0.1) is 13.2 Å². The van der Waals surface area contributed by atoms with Gasteiger partial charge in [0.1, 0.15) is 17.2 Å². The van der Waals surface area contributed by atoms with E-state index in [9.17, 15) is 0 Å². The molecule has 3 rings (SSSR count). The van der Waals surface area contributed by atoms with Crippen LogP contribution < -0.4 is 4.90 Å². The van der Waals surface area contributed by atoms with Gasteiger partial charge in [-0.15, -0.1) is 11.8 Å². The maximum atomic E-state index is 5.37. The van der Waals surface area contributed by atoms with E-state index in [1.54, 1.807) is 18.1 Å². The van der Waals surface area contributed by atoms with E-state index in [0.717, 1.165) is 47.4 Å². The first-order valence-electron chi connectivity index (χ1n) is 6.83. The molecule has 1 aromatic heterocycles. The molecule has 0 amide bonds. The monoisotopic (exact) mass is 365 g/mol. The highest BCUT2D eigenvalue weighted by atomic mass is 79.9. The van der Waals surface area contributed by atoms with E-state index in [1.165, 1.54) is 5.56 Å². The highest BCUT2D eigenvalue weighted by Gasteiger charge is 2.13. The molecule has 0 bridgehead atoms. The molecule has 6 heteroatoms. The van der Waals surface area contributed by atoms with Gasteiger partial charge in [0.2, 0.25) is 0 Å². The second-order valence-electron chi connectivity index (χ2n) is 4.73. The Kier molecular flexibility index (Phi) is 5.11. The summed E-state index contributed by atoms with van der Waals surface area (Å²) in [5.41, 5.74) is 1.29. The predicted octanol–water partition coefficient (Wildman–Crippen LogP) is 3.37. The number of aromatic nitrogens is 2. The van der Waals surface area contributed by atoms with Crippen LogP contribution in [0.5, 0.6) is 0 Å². The van der Waals surface area contributed by atoms with Gasteiger partial charge in [0.25, 0.3) is 0 Å². The number of halogens is 1. The molecule has 1 aliphatic heterocycles. The van der Waals surface area contributed by atoms with Crippen molar-refractivity contribution in [1.29, 1.82) is 0 Å². The van der Waals surface area contributed by atoms with Crippen LogP contribution in [-0.4, -0.2) is 36.3 Å². The van der Waals surface area contributed by atoms with Crippen LogP contribution in [0, 0.1) is 0 Å². The lowest BCUT2D eigenvalue weighted by Crippen LogP contribution is -2.36. The average Bonchev–Trinajstić information content (AvgIpc) is 2.55. The third kappa shape index (κ3) is 4.18. The first-order chi connectivity index (χ1) is 10.3. The lowest BCUT2D eigenvalue weighted by Gasteiger charge is -2.27. The van der Waals surface area contributed by atoms with E-state index < -0.39 is 0 Å². The van der Waals surface area contributed by atoms with Gasteiger partial charge in [-0.05, 0) is 17.7 Å². The minimum absolute atomic E-state index is 0.769. The molecule has 1 saturated heterocycles. The molecule has 1 aromatic carbocycles. The van der Waals surface area contributed by atoms with Crippen LogP contribution in [0.1, 0.15) is 5.56 Å². The van der Waals surface area contributed by atoms with Crippen molar-refractivity contribution in [2.75, 3.05) is 31.2 Å². The van der Waals surface area contributed by atoms with Crippen LogP contribution in [0.4, 0.5) is 5.82 Å². The minimum atomic E-state index is 0.769. The molecule has 0 saturated carbocycles. The van der Waals surface area contributed by atoms with Crippen LogP contribution in [-0.2, 0) is 10.5 Å². The van der Waals surface area contributed by atoms with E-state index in [-0.39, 0.29) is 0 Å². The summed E-state index contributed by atoms with van der Waals surface area (Å²) in [7, 11) is 0. The molecule has 2 heterocycles. The van der Waals surface area contributed by atoms with Gasteiger partial charge in [0.15, 0.2) is 0 Å². The number of nitrogens with zero attached hydrogens (tertiary/aromatic N) is 3. The Bertz CT molecular complexity index is 588. The van der Waals surface area contributed by atoms with Gasteiger partial charge in [-0.1, -0.05) is 28.1 Å². The molecule has 1 aliphatic rings. The fourth-order valence-electron chi connectivity index (χ4n) is 2.11. The molecule has 0 atom stereocenters. The predicted molar refractivity (Wildman–Crippen MR) is 88.8 cm³/mol. The molecule has 4 nitrogen and oxygen atoms in total. The van der Waals surface area contributed by atoms with E-state index in [1.807, 2.05) is 0 Å². The number of benzene rings is 1. The van der Waals surface area contributed by atoms with E-state index in [4.69, 9.17) is 4.74 Å². The summed E-state index contributed by atoms with van der Waals surface area (Å²) in [6.45, 7) is 3.33. The van der Waals surface area contributed by atoms with E-state index in [2.05, 4.69) is 61.1 Å². The summed E-state index contributed by atoms with van der Waals surface area (Å²) in [6, 6.07) is 10.4. The zero-order valence-electron chi connectivity index (χ0n) is 11.5. The normalized spacial score (nSPS) is 15.2. The average molecular weight is 366 g/mol. The Morgan fingerprint density at radius 1 is 1.14 bits per heavy atom. The first-order valence-corrected chi connectivity index (χ1v) is 8.61. The molecule has 1 fully saturated rings. The van der Waals surface area contributed by atoms with Crippen molar-refractivity contribution in [3.63, 3.8) is 0 Å². The molecule has 2 aromatic rings. The maximum Gasteiger partial charge on any atom is 0.133 e. The van der Waals surface area contributed by atoms with Gasteiger partial charge < -0.3 is 9.64 Å². The fourth-order valence-corrected chi connectivity index (χ4v) is 3.19. The minimum Gasteiger partial charge on any atom is -0.378 e. The zero-order valence-corrected chi connectivity index (χ0v) is 13.9. The van der Waals surface area contributed by atoms with Crippen LogP contribution >= 0.6 is 27.7 Å². The van der Waals surface area contributed by atoms with Crippen molar-refractivity contribution in [2.45, 2.75) is 10.8 Å². The molecule has 110 valence electrons. The molecule has 21 heavy (non-hydrogen) atoms. The van der Waals surface area contributed by atoms with Crippen molar-refractivity contribution in [2.24, 2.45) is 0 Å². The van der Waals surface area contributed by atoms with Crippen molar-refractivity contribution in [1.82, 2.24) is 9.97 Å². The van der Waals surface area contributed by atoms with Gasteiger partial charge in [-0.25, -0.2) is 9.97 Å². The summed E-state index contributed by atoms with van der Waals surface area (Å²) in [4.78, 5) is 11.0. The van der Waals surface area contributed by atoms with Crippen molar-refractivity contribution in [3.8, 4) is 0 Å². The van der Waals surface area contributed by atoms with E-state index >= 15 is 0 Å². The number of hydrogen-bond donors (Lipinski definition) is 0. The third-order valence-electron chi connectivity index (χ3n) is 3.26. The highest BCUT2D eigenvalue weighted by molar-refractivity contribution is 9.10. The quantitative estimate of drug-likeness (QED) is 0.613. The number of thioether (sulfide) groups is 1. The molecule has 0 aliphatic carbocycles. The summed E-state index contributed by atoms with van der Waals surface area (Å²) in [6.07, 6.45) is 1.65. The lowest BCUT2D eigenvalue weighted by molar-refractivity contribution is 0.122. The van der Waals surface area contributed by atoms with E-state index in [0.29, 0.717) is 0 Å². The van der Waals surface area contributed by atoms with Crippen LogP contribution in [0.3, 0.4) is 0 Å². The second kappa shape index (κ2) is 7.24. The SMILES string of the molecule is Brc1ccc(CSc2cc(N3CCOCC3)ncn2)cc1. The van der Waals surface area contributed by atoms with Crippen LogP contribution in [0.15, 0.2) is 46.2 Å². The highest BCUT2D eigenvalue weighted by Crippen LogP contribution is 2.24. The Labute approximate surface area is 137 Å². The van der Waals surface area contributed by atoms with Gasteiger partial charge >= 0.3 is 0 Å². The first kappa shape index (κ1) is 14.8. The number of hydrogen-bond acceptors (Lipinski definition) is 5. The Morgan fingerprint density at radius 2 is 1.90 bits per heavy atom. The molecular formula is C15H16BrN3OS. The Balaban J connectivity index is 1.64. The largest absolute Gasteiger partial charge is 0.378 e. The third-order valence-corrected chi connectivity index (χ3v) is 4.79. The molecule has 0 unspecified atom stereocenters. The van der Waals surface area contributed by atoms with Crippen molar-refractivity contribution in [3.05, 3.63) is 46.7 Å². The lowest BCUT2D eigenvalue weighted by atomic mass is 10.2. The Morgan fingerprint density at radius 3 is 2.67 bits per heavy atom. The fraction of sp³-hybridized carbons (Fsp3) is 0.333. The summed E-state index contributed by atoms with van der Waals surface area (Å²) >= 11 is 5.19.